The van der Waals surface area contributed by atoms with Crippen LogP contribution in [0.1, 0.15) is 33.6 Å². The first-order chi connectivity index (χ1) is 7.47. The van der Waals surface area contributed by atoms with Gasteiger partial charge in [0.15, 0.2) is 0 Å². The molecule has 2 N–H and O–H groups in total. The van der Waals surface area contributed by atoms with Crippen molar-refractivity contribution in [2.24, 2.45) is 0 Å². The molecule has 0 bridgehead atoms. The predicted octanol–water partition coefficient (Wildman–Crippen LogP) is 0.587. The van der Waals surface area contributed by atoms with E-state index in [1.807, 2.05) is 20.8 Å². The molecule has 0 aromatic carbocycles. The molecule has 4 nitrogen and oxygen atoms in total. The van der Waals surface area contributed by atoms with Crippen LogP contribution in [0.15, 0.2) is 0 Å². The van der Waals surface area contributed by atoms with Gasteiger partial charge >= 0.3 is 0 Å². The van der Waals surface area contributed by atoms with Gasteiger partial charge in [-0.05, 0) is 40.3 Å². The van der Waals surface area contributed by atoms with Gasteiger partial charge in [-0.3, -0.25) is 4.79 Å². The zero-order chi connectivity index (χ0) is 12.0. The summed E-state index contributed by atoms with van der Waals surface area (Å²) in [6, 6.07) is 0. The molecular formula is C12H25N3O. The van der Waals surface area contributed by atoms with E-state index in [0.717, 1.165) is 32.7 Å². The van der Waals surface area contributed by atoms with Crippen molar-refractivity contribution in [3.8, 4) is 0 Å². The maximum Gasteiger partial charge on any atom is 0.221 e. The first-order valence-corrected chi connectivity index (χ1v) is 6.21. The van der Waals surface area contributed by atoms with Crippen molar-refractivity contribution < 1.29 is 4.79 Å². The highest BCUT2D eigenvalue weighted by atomic mass is 16.1. The summed E-state index contributed by atoms with van der Waals surface area (Å²) in [5, 5.41) is 6.35. The van der Waals surface area contributed by atoms with Gasteiger partial charge in [-0.2, -0.15) is 0 Å². The van der Waals surface area contributed by atoms with Crippen molar-refractivity contribution >= 4 is 5.91 Å². The highest BCUT2D eigenvalue weighted by Crippen LogP contribution is 2.01. The van der Waals surface area contributed by atoms with Crippen LogP contribution in [0.25, 0.3) is 0 Å². The van der Waals surface area contributed by atoms with Crippen LogP contribution >= 0.6 is 0 Å². The normalized spacial score (nSPS) is 19.2. The molecule has 16 heavy (non-hydrogen) atoms. The Hall–Kier alpha value is -0.610. The van der Waals surface area contributed by atoms with Crippen LogP contribution in [0.2, 0.25) is 0 Å². The van der Waals surface area contributed by atoms with Gasteiger partial charge in [0.25, 0.3) is 0 Å². The maximum atomic E-state index is 11.6. The van der Waals surface area contributed by atoms with Crippen LogP contribution in [0.5, 0.6) is 0 Å². The Morgan fingerprint density at radius 1 is 1.31 bits per heavy atom. The van der Waals surface area contributed by atoms with Crippen LogP contribution in [0, 0.1) is 0 Å². The van der Waals surface area contributed by atoms with Crippen molar-refractivity contribution in [2.45, 2.75) is 39.2 Å². The number of hydrogen-bond acceptors (Lipinski definition) is 3. The number of hydrogen-bond donors (Lipinski definition) is 2. The smallest absolute Gasteiger partial charge is 0.221 e. The monoisotopic (exact) mass is 227 g/mol. The molecule has 4 heteroatoms. The van der Waals surface area contributed by atoms with E-state index in [1.165, 1.54) is 6.42 Å². The van der Waals surface area contributed by atoms with E-state index >= 15 is 0 Å². The molecule has 1 aliphatic heterocycles. The molecule has 94 valence electrons. The van der Waals surface area contributed by atoms with Gasteiger partial charge < -0.3 is 15.5 Å². The molecule has 0 spiro atoms. The predicted molar refractivity (Wildman–Crippen MR) is 66.4 cm³/mol. The molecule has 0 saturated carbocycles. The molecule has 1 fully saturated rings. The van der Waals surface area contributed by atoms with Crippen molar-refractivity contribution in [3.05, 3.63) is 0 Å². The van der Waals surface area contributed by atoms with E-state index in [2.05, 4.69) is 15.5 Å². The van der Waals surface area contributed by atoms with E-state index in [4.69, 9.17) is 0 Å². The summed E-state index contributed by atoms with van der Waals surface area (Å²) in [5.74, 6) is 0.157. The third-order valence-electron chi connectivity index (χ3n) is 2.60. The number of rotatable bonds is 3. The minimum absolute atomic E-state index is 0.114. The van der Waals surface area contributed by atoms with Gasteiger partial charge in [0, 0.05) is 31.6 Å². The van der Waals surface area contributed by atoms with Crippen LogP contribution < -0.4 is 10.6 Å². The van der Waals surface area contributed by atoms with Gasteiger partial charge in [0.05, 0.1) is 0 Å². The Balaban J connectivity index is 2.20. The molecule has 0 radical (unpaired) electrons. The maximum absolute atomic E-state index is 11.6. The van der Waals surface area contributed by atoms with E-state index in [-0.39, 0.29) is 11.4 Å². The molecular weight excluding hydrogens is 202 g/mol. The molecule has 1 heterocycles. The standard InChI is InChI=1S/C12H25N3O/c1-12(2,3)14-11(16)5-9-15-8-4-6-13-7-10-15/h13H,4-10H2,1-3H3,(H,14,16). The summed E-state index contributed by atoms with van der Waals surface area (Å²) in [7, 11) is 0. The van der Waals surface area contributed by atoms with Crippen molar-refractivity contribution in [1.29, 1.82) is 0 Å². The Morgan fingerprint density at radius 3 is 2.75 bits per heavy atom. The lowest BCUT2D eigenvalue weighted by Crippen LogP contribution is -2.42. The summed E-state index contributed by atoms with van der Waals surface area (Å²) >= 11 is 0. The zero-order valence-corrected chi connectivity index (χ0v) is 10.8. The van der Waals surface area contributed by atoms with Gasteiger partial charge in [-0.25, -0.2) is 0 Å². The Bertz CT molecular complexity index is 215. The fraction of sp³-hybridized carbons (Fsp3) is 0.917. The van der Waals surface area contributed by atoms with Gasteiger partial charge in [-0.15, -0.1) is 0 Å². The minimum Gasteiger partial charge on any atom is -0.351 e. The lowest BCUT2D eigenvalue weighted by Gasteiger charge is -2.23. The average molecular weight is 227 g/mol. The molecule has 1 saturated heterocycles. The molecule has 0 unspecified atom stereocenters. The Labute approximate surface area is 98.8 Å². The van der Waals surface area contributed by atoms with Crippen molar-refractivity contribution in [3.63, 3.8) is 0 Å². The number of amides is 1. The summed E-state index contributed by atoms with van der Waals surface area (Å²) in [6.45, 7) is 11.2. The minimum atomic E-state index is -0.114. The molecule has 0 atom stereocenters. The summed E-state index contributed by atoms with van der Waals surface area (Å²) in [4.78, 5) is 14.0. The molecule has 1 aliphatic rings. The van der Waals surface area contributed by atoms with Crippen LogP contribution in [0.3, 0.4) is 0 Å². The molecule has 0 aliphatic carbocycles. The largest absolute Gasteiger partial charge is 0.351 e. The second kappa shape index (κ2) is 6.21. The van der Waals surface area contributed by atoms with Crippen molar-refractivity contribution in [2.75, 3.05) is 32.7 Å². The molecule has 0 aromatic rings. The summed E-state index contributed by atoms with van der Waals surface area (Å²) in [5.41, 5.74) is -0.114. The second-order valence-electron chi connectivity index (χ2n) is 5.49. The van der Waals surface area contributed by atoms with Gasteiger partial charge in [-0.1, -0.05) is 0 Å². The molecule has 1 rings (SSSR count). The first-order valence-electron chi connectivity index (χ1n) is 6.21. The fourth-order valence-corrected chi connectivity index (χ4v) is 1.87. The van der Waals surface area contributed by atoms with E-state index in [0.29, 0.717) is 6.42 Å². The third-order valence-corrected chi connectivity index (χ3v) is 2.60. The SMILES string of the molecule is CC(C)(C)NC(=O)CCN1CCCNCC1. The summed E-state index contributed by atoms with van der Waals surface area (Å²) in [6.07, 6.45) is 1.79. The first kappa shape index (κ1) is 13.5. The van der Waals surface area contributed by atoms with Crippen LogP contribution in [-0.2, 0) is 4.79 Å². The Kier molecular flexibility index (Phi) is 5.22. The molecule has 1 amide bonds. The highest BCUT2D eigenvalue weighted by molar-refractivity contribution is 5.76. The van der Waals surface area contributed by atoms with Crippen LogP contribution in [0.4, 0.5) is 0 Å². The van der Waals surface area contributed by atoms with Crippen LogP contribution in [-0.4, -0.2) is 49.1 Å². The summed E-state index contributed by atoms with van der Waals surface area (Å²) < 4.78 is 0. The number of nitrogens with zero attached hydrogens (tertiary/aromatic N) is 1. The zero-order valence-electron chi connectivity index (χ0n) is 10.8. The number of carbonyl (C=O) groups excluding carboxylic acids is 1. The lowest BCUT2D eigenvalue weighted by molar-refractivity contribution is -0.122. The number of carbonyl (C=O) groups is 1. The van der Waals surface area contributed by atoms with E-state index in [9.17, 15) is 4.79 Å². The van der Waals surface area contributed by atoms with Gasteiger partial charge in [0.2, 0.25) is 5.91 Å². The van der Waals surface area contributed by atoms with Crippen molar-refractivity contribution in [1.82, 2.24) is 15.5 Å². The topological polar surface area (TPSA) is 44.4 Å². The quantitative estimate of drug-likeness (QED) is 0.741. The fourth-order valence-electron chi connectivity index (χ4n) is 1.87. The van der Waals surface area contributed by atoms with E-state index in [1.54, 1.807) is 0 Å². The molecule has 0 aromatic heterocycles. The Morgan fingerprint density at radius 2 is 2.06 bits per heavy atom. The number of nitrogens with one attached hydrogen (secondary N) is 2. The lowest BCUT2D eigenvalue weighted by atomic mass is 10.1. The second-order valence-corrected chi connectivity index (χ2v) is 5.49. The van der Waals surface area contributed by atoms with E-state index < -0.39 is 0 Å². The third kappa shape index (κ3) is 6.08. The van der Waals surface area contributed by atoms with Gasteiger partial charge in [0.1, 0.15) is 0 Å². The average Bonchev–Trinajstić information content (AvgIpc) is 2.39. The highest BCUT2D eigenvalue weighted by Gasteiger charge is 2.15.